The van der Waals surface area contributed by atoms with E-state index >= 15 is 0 Å². The van der Waals surface area contributed by atoms with Gasteiger partial charge in [0.15, 0.2) is 28.8 Å². The molecule has 0 radical (unpaired) electrons. The van der Waals surface area contributed by atoms with E-state index in [0.717, 1.165) is 11.3 Å². The van der Waals surface area contributed by atoms with Crippen molar-refractivity contribution in [2.24, 2.45) is 0 Å². The van der Waals surface area contributed by atoms with E-state index in [1.807, 2.05) is 36.4 Å². The second-order valence-corrected chi connectivity index (χ2v) is 7.83. The molecule has 1 aromatic heterocycles. The van der Waals surface area contributed by atoms with E-state index in [2.05, 4.69) is 10.4 Å². The topological polar surface area (TPSA) is 74.6 Å². The number of halogens is 1. The Morgan fingerprint density at radius 3 is 2.26 bits per heavy atom. The number of amides is 1. The molecule has 1 N–H and O–H groups in total. The van der Waals surface area contributed by atoms with Crippen LogP contribution in [0.5, 0.6) is 17.2 Å². The number of benzene rings is 3. The fourth-order valence-corrected chi connectivity index (χ4v) is 3.77. The van der Waals surface area contributed by atoms with Gasteiger partial charge in [-0.05, 0) is 54.4 Å². The molecule has 1 atom stereocenters. The molecule has 1 unspecified atom stereocenters. The zero-order valence-electron chi connectivity index (χ0n) is 19.9. The molecule has 0 bridgehead atoms. The Balaban J connectivity index is 1.72. The van der Waals surface area contributed by atoms with Crippen LogP contribution >= 0.6 is 0 Å². The van der Waals surface area contributed by atoms with Crippen molar-refractivity contribution in [3.8, 4) is 34.1 Å². The summed E-state index contributed by atoms with van der Waals surface area (Å²) in [6, 6.07) is 19.0. The quantitative estimate of drug-likeness (QED) is 0.379. The number of hydrogen-bond acceptors (Lipinski definition) is 5. The molecule has 7 nitrogen and oxygen atoms in total. The maximum Gasteiger partial charge on any atom is 0.272 e. The molecule has 0 spiro atoms. The van der Waals surface area contributed by atoms with E-state index in [9.17, 15) is 9.18 Å². The largest absolute Gasteiger partial charge is 0.494 e. The Morgan fingerprint density at radius 1 is 0.914 bits per heavy atom. The van der Waals surface area contributed by atoms with E-state index < -0.39 is 17.8 Å². The van der Waals surface area contributed by atoms with Crippen LogP contribution in [0.15, 0.2) is 72.9 Å². The third-order valence-electron chi connectivity index (χ3n) is 5.67. The fraction of sp³-hybridized carbons (Fsp3) is 0.185. The van der Waals surface area contributed by atoms with Crippen LogP contribution in [0.3, 0.4) is 0 Å². The smallest absolute Gasteiger partial charge is 0.272 e. The van der Waals surface area contributed by atoms with Gasteiger partial charge in [-0.1, -0.05) is 30.3 Å². The number of ether oxygens (including phenoxy) is 3. The Bertz CT molecular complexity index is 1340. The van der Waals surface area contributed by atoms with Crippen LogP contribution < -0.4 is 19.5 Å². The minimum atomic E-state index is -0.495. The molecule has 180 valence electrons. The third-order valence-corrected chi connectivity index (χ3v) is 5.67. The van der Waals surface area contributed by atoms with Gasteiger partial charge < -0.3 is 19.5 Å². The van der Waals surface area contributed by atoms with Gasteiger partial charge in [-0.25, -0.2) is 9.07 Å². The van der Waals surface area contributed by atoms with Crippen molar-refractivity contribution in [2.45, 2.75) is 13.0 Å². The fourth-order valence-electron chi connectivity index (χ4n) is 3.77. The molecule has 8 heteroatoms. The molecule has 0 aliphatic heterocycles. The monoisotopic (exact) mass is 475 g/mol. The highest BCUT2D eigenvalue weighted by molar-refractivity contribution is 5.99. The summed E-state index contributed by atoms with van der Waals surface area (Å²) in [4.78, 5) is 13.4. The van der Waals surface area contributed by atoms with Gasteiger partial charge in [-0.15, -0.1) is 0 Å². The highest BCUT2D eigenvalue weighted by Crippen LogP contribution is 2.34. The highest BCUT2D eigenvalue weighted by Gasteiger charge is 2.22. The summed E-state index contributed by atoms with van der Waals surface area (Å²) in [6.45, 7) is 1.78. The molecule has 1 heterocycles. The second kappa shape index (κ2) is 10.3. The number of para-hydroxylation sites is 1. The molecule has 0 fully saturated rings. The number of nitrogens with one attached hydrogen (secondary N) is 1. The highest BCUT2D eigenvalue weighted by atomic mass is 19.1. The first kappa shape index (κ1) is 23.8. The lowest BCUT2D eigenvalue weighted by Gasteiger charge is -2.15. The zero-order valence-corrected chi connectivity index (χ0v) is 19.9. The van der Waals surface area contributed by atoms with Crippen molar-refractivity contribution in [3.63, 3.8) is 0 Å². The number of aromatic nitrogens is 2. The van der Waals surface area contributed by atoms with Crippen molar-refractivity contribution in [3.05, 3.63) is 90.0 Å². The summed E-state index contributed by atoms with van der Waals surface area (Å²) in [6.07, 6.45) is 1.79. The van der Waals surface area contributed by atoms with E-state index in [4.69, 9.17) is 14.2 Å². The van der Waals surface area contributed by atoms with Gasteiger partial charge >= 0.3 is 0 Å². The van der Waals surface area contributed by atoms with E-state index in [1.165, 1.54) is 19.2 Å². The Labute approximate surface area is 203 Å². The zero-order chi connectivity index (χ0) is 24.9. The molecular formula is C27H26FN3O4. The van der Waals surface area contributed by atoms with E-state index in [-0.39, 0.29) is 11.4 Å². The molecule has 4 rings (SSSR count). The van der Waals surface area contributed by atoms with Gasteiger partial charge in [0.1, 0.15) is 0 Å². The Morgan fingerprint density at radius 2 is 1.60 bits per heavy atom. The maximum absolute atomic E-state index is 14.2. The summed E-state index contributed by atoms with van der Waals surface area (Å²) < 4.78 is 31.6. The predicted octanol–water partition coefficient (Wildman–Crippen LogP) is 5.20. The summed E-state index contributed by atoms with van der Waals surface area (Å²) in [5.74, 6) is 0.363. The van der Waals surface area contributed by atoms with Crippen molar-refractivity contribution in [2.75, 3.05) is 21.3 Å². The SMILES string of the molecule is COc1ccc(C(C)NC(=O)c2nn(-c3ccccc3)cc2-c2ccc(OC)c(OC)c2)cc1F. The number of nitrogens with zero attached hydrogens (tertiary/aromatic N) is 2. The molecule has 0 saturated heterocycles. The van der Waals surface area contributed by atoms with Crippen LogP contribution in [0.2, 0.25) is 0 Å². The van der Waals surface area contributed by atoms with Crippen LogP contribution in [0.4, 0.5) is 4.39 Å². The lowest BCUT2D eigenvalue weighted by atomic mass is 10.0. The van der Waals surface area contributed by atoms with Gasteiger partial charge in [0.2, 0.25) is 0 Å². The summed E-state index contributed by atoms with van der Waals surface area (Å²) in [7, 11) is 4.52. The minimum Gasteiger partial charge on any atom is -0.494 e. The van der Waals surface area contributed by atoms with Crippen LogP contribution in [0, 0.1) is 5.82 Å². The first-order chi connectivity index (χ1) is 16.9. The van der Waals surface area contributed by atoms with Crippen LogP contribution in [0.25, 0.3) is 16.8 Å². The Hall–Kier alpha value is -4.33. The maximum atomic E-state index is 14.2. The van der Waals surface area contributed by atoms with Crippen LogP contribution in [-0.4, -0.2) is 37.0 Å². The van der Waals surface area contributed by atoms with Crippen molar-refractivity contribution in [1.29, 1.82) is 0 Å². The van der Waals surface area contributed by atoms with Gasteiger partial charge in [0, 0.05) is 11.8 Å². The Kier molecular flexibility index (Phi) is 7.01. The molecular weight excluding hydrogens is 449 g/mol. The molecule has 4 aromatic rings. The first-order valence-corrected chi connectivity index (χ1v) is 11.0. The number of carbonyl (C=O) groups excluding carboxylic acids is 1. The standard InChI is InChI=1S/C27H26FN3O4/c1-17(18-10-12-23(33-2)22(28)14-18)29-27(32)26-21(16-31(30-26)20-8-6-5-7-9-20)19-11-13-24(34-3)25(15-19)35-4/h5-17H,1-4H3,(H,29,32). The number of carbonyl (C=O) groups is 1. The minimum absolute atomic E-state index is 0.143. The summed E-state index contributed by atoms with van der Waals surface area (Å²) in [5, 5.41) is 7.51. The van der Waals surface area contributed by atoms with E-state index in [1.54, 1.807) is 50.2 Å². The second-order valence-electron chi connectivity index (χ2n) is 7.83. The number of hydrogen-bond donors (Lipinski definition) is 1. The predicted molar refractivity (Wildman–Crippen MR) is 131 cm³/mol. The molecule has 0 aliphatic carbocycles. The average molecular weight is 476 g/mol. The summed E-state index contributed by atoms with van der Waals surface area (Å²) >= 11 is 0. The molecule has 0 saturated carbocycles. The third kappa shape index (κ3) is 4.96. The molecule has 0 aliphatic rings. The number of rotatable bonds is 8. The summed E-state index contributed by atoms with van der Waals surface area (Å²) in [5.41, 5.74) is 2.98. The molecule has 3 aromatic carbocycles. The van der Waals surface area contributed by atoms with Crippen molar-refractivity contribution in [1.82, 2.24) is 15.1 Å². The van der Waals surface area contributed by atoms with Crippen LogP contribution in [-0.2, 0) is 0 Å². The van der Waals surface area contributed by atoms with Gasteiger partial charge in [-0.2, -0.15) is 5.10 Å². The first-order valence-electron chi connectivity index (χ1n) is 11.0. The average Bonchev–Trinajstić information content (AvgIpc) is 3.34. The van der Waals surface area contributed by atoms with Crippen molar-refractivity contribution >= 4 is 5.91 Å². The van der Waals surface area contributed by atoms with Crippen molar-refractivity contribution < 1.29 is 23.4 Å². The van der Waals surface area contributed by atoms with Gasteiger partial charge in [0.25, 0.3) is 5.91 Å². The molecule has 35 heavy (non-hydrogen) atoms. The lowest BCUT2D eigenvalue weighted by molar-refractivity contribution is 0.0935. The van der Waals surface area contributed by atoms with Gasteiger partial charge in [-0.3, -0.25) is 4.79 Å². The normalized spacial score (nSPS) is 11.6. The lowest BCUT2D eigenvalue weighted by Crippen LogP contribution is -2.27. The number of methoxy groups -OCH3 is 3. The molecule has 1 amide bonds. The van der Waals surface area contributed by atoms with Crippen LogP contribution in [0.1, 0.15) is 29.0 Å². The van der Waals surface area contributed by atoms with E-state index in [0.29, 0.717) is 22.6 Å². The van der Waals surface area contributed by atoms with Gasteiger partial charge in [0.05, 0.1) is 33.1 Å².